The van der Waals surface area contributed by atoms with E-state index in [-0.39, 0.29) is 4.90 Å². The van der Waals surface area contributed by atoms with Gasteiger partial charge in [-0.25, -0.2) is 13.4 Å². The summed E-state index contributed by atoms with van der Waals surface area (Å²) in [7, 11) is -3.63. The molecule has 1 N–H and O–H groups in total. The second-order valence-electron chi connectivity index (χ2n) is 5.92. The molecule has 0 aliphatic carbocycles. The lowest BCUT2D eigenvalue weighted by Crippen LogP contribution is -2.12. The predicted molar refractivity (Wildman–Crippen MR) is 100 cm³/mol. The van der Waals surface area contributed by atoms with E-state index in [1.807, 2.05) is 37.3 Å². The first-order valence-corrected chi connectivity index (χ1v) is 10.2. The van der Waals surface area contributed by atoms with Crippen molar-refractivity contribution in [1.29, 1.82) is 0 Å². The van der Waals surface area contributed by atoms with Crippen molar-refractivity contribution in [2.75, 3.05) is 4.72 Å². The Hall–Kier alpha value is -1.92. The second kappa shape index (κ2) is 6.53. The molecule has 0 bridgehead atoms. The fourth-order valence-corrected chi connectivity index (χ4v) is 4.69. The number of benzene rings is 2. The van der Waals surface area contributed by atoms with Crippen LogP contribution < -0.4 is 4.72 Å². The molecule has 0 aliphatic rings. The third-order valence-corrected chi connectivity index (χ3v) is 6.63. The van der Waals surface area contributed by atoms with Crippen molar-refractivity contribution in [2.24, 2.45) is 0 Å². The van der Waals surface area contributed by atoms with Gasteiger partial charge in [-0.15, -0.1) is 0 Å². The summed E-state index contributed by atoms with van der Waals surface area (Å²) in [6.45, 7) is 6.21. The Balaban J connectivity index is 1.88. The Labute approximate surface area is 146 Å². The molecule has 3 rings (SSSR count). The number of anilines is 1. The van der Waals surface area contributed by atoms with Crippen LogP contribution in [-0.4, -0.2) is 13.4 Å². The Bertz CT molecular complexity index is 960. The first-order chi connectivity index (χ1) is 11.4. The van der Waals surface area contributed by atoms with Gasteiger partial charge in [0.2, 0.25) is 0 Å². The zero-order valence-corrected chi connectivity index (χ0v) is 15.5. The van der Waals surface area contributed by atoms with Crippen LogP contribution in [0.25, 0.3) is 10.2 Å². The van der Waals surface area contributed by atoms with E-state index >= 15 is 0 Å². The summed E-state index contributed by atoms with van der Waals surface area (Å²) in [5.74, 6) is 0.418. The van der Waals surface area contributed by atoms with Gasteiger partial charge in [0.15, 0.2) is 5.13 Å². The Morgan fingerprint density at radius 1 is 1.17 bits per heavy atom. The van der Waals surface area contributed by atoms with Crippen molar-refractivity contribution in [3.05, 3.63) is 53.6 Å². The van der Waals surface area contributed by atoms with Crippen LogP contribution in [0.4, 0.5) is 5.13 Å². The summed E-state index contributed by atoms with van der Waals surface area (Å²) in [5, 5.41) is 0.394. The molecule has 3 aromatic rings. The van der Waals surface area contributed by atoms with Crippen molar-refractivity contribution in [3.8, 4) is 0 Å². The highest BCUT2D eigenvalue weighted by atomic mass is 32.2. The first kappa shape index (κ1) is 16.9. The van der Waals surface area contributed by atoms with Crippen LogP contribution in [0, 0.1) is 6.92 Å². The summed E-state index contributed by atoms with van der Waals surface area (Å²) in [6, 6.07) is 12.9. The molecule has 0 aliphatic heterocycles. The lowest BCUT2D eigenvalue weighted by atomic mass is 9.99. The van der Waals surface area contributed by atoms with Crippen LogP contribution in [0.5, 0.6) is 0 Å². The standard InChI is InChI=1S/C18H20N2O2S2/c1-4-12(2)14-8-10-15(11-9-14)24(21,22)20-18-19-17-13(3)6-5-7-16(17)23-18/h5-12H,4H2,1-3H3,(H,19,20). The fourth-order valence-electron chi connectivity index (χ4n) is 2.51. The van der Waals surface area contributed by atoms with E-state index in [0.717, 1.165) is 27.8 Å². The molecule has 1 atom stereocenters. The Kier molecular flexibility index (Phi) is 4.60. The number of aryl methyl sites for hydroxylation is 1. The Morgan fingerprint density at radius 2 is 1.88 bits per heavy atom. The zero-order valence-electron chi connectivity index (χ0n) is 13.9. The van der Waals surface area contributed by atoms with Crippen molar-refractivity contribution in [1.82, 2.24) is 4.98 Å². The zero-order chi connectivity index (χ0) is 17.3. The summed E-state index contributed by atoms with van der Waals surface area (Å²) in [5.41, 5.74) is 3.02. The average Bonchev–Trinajstić information content (AvgIpc) is 2.97. The topological polar surface area (TPSA) is 59.1 Å². The van der Waals surface area contributed by atoms with Crippen LogP contribution in [0.2, 0.25) is 0 Å². The summed E-state index contributed by atoms with van der Waals surface area (Å²) in [6.07, 6.45) is 1.02. The van der Waals surface area contributed by atoms with Gasteiger partial charge in [-0.1, -0.05) is 49.4 Å². The van der Waals surface area contributed by atoms with Crippen molar-refractivity contribution in [3.63, 3.8) is 0 Å². The maximum absolute atomic E-state index is 12.6. The van der Waals surface area contributed by atoms with Crippen LogP contribution in [0.3, 0.4) is 0 Å². The minimum absolute atomic E-state index is 0.255. The first-order valence-electron chi connectivity index (χ1n) is 7.89. The minimum Gasteiger partial charge on any atom is -0.255 e. The number of nitrogens with zero attached hydrogens (tertiary/aromatic N) is 1. The minimum atomic E-state index is -3.63. The second-order valence-corrected chi connectivity index (χ2v) is 8.64. The molecule has 1 unspecified atom stereocenters. The number of hydrogen-bond acceptors (Lipinski definition) is 4. The highest BCUT2D eigenvalue weighted by Gasteiger charge is 2.17. The van der Waals surface area contributed by atoms with Gasteiger partial charge in [-0.05, 0) is 48.6 Å². The van der Waals surface area contributed by atoms with Gasteiger partial charge in [0.05, 0.1) is 15.1 Å². The number of hydrogen-bond donors (Lipinski definition) is 1. The van der Waals surface area contributed by atoms with Gasteiger partial charge in [0.25, 0.3) is 10.0 Å². The van der Waals surface area contributed by atoms with Crippen LogP contribution in [0.15, 0.2) is 47.4 Å². The average molecular weight is 361 g/mol. The van der Waals surface area contributed by atoms with Crippen LogP contribution in [0.1, 0.15) is 37.3 Å². The largest absolute Gasteiger partial charge is 0.263 e. The molecule has 2 aromatic carbocycles. The van der Waals surface area contributed by atoms with Crippen molar-refractivity contribution >= 4 is 36.7 Å². The van der Waals surface area contributed by atoms with Gasteiger partial charge in [-0.2, -0.15) is 0 Å². The van der Waals surface area contributed by atoms with E-state index in [1.165, 1.54) is 11.3 Å². The molecular weight excluding hydrogens is 340 g/mol. The van der Waals surface area contributed by atoms with Gasteiger partial charge in [0, 0.05) is 0 Å². The quantitative estimate of drug-likeness (QED) is 0.702. The van der Waals surface area contributed by atoms with Gasteiger partial charge in [-0.3, -0.25) is 4.72 Å². The lowest BCUT2D eigenvalue weighted by molar-refractivity contribution is 0.601. The molecule has 0 saturated carbocycles. The molecule has 126 valence electrons. The number of para-hydroxylation sites is 1. The smallest absolute Gasteiger partial charge is 0.255 e. The summed E-state index contributed by atoms with van der Waals surface area (Å²) < 4.78 is 28.7. The number of sulfonamides is 1. The van der Waals surface area contributed by atoms with Gasteiger partial charge in [0.1, 0.15) is 0 Å². The van der Waals surface area contributed by atoms with Crippen molar-refractivity contribution < 1.29 is 8.42 Å². The third-order valence-electron chi connectivity index (χ3n) is 4.21. The highest BCUT2D eigenvalue weighted by molar-refractivity contribution is 7.93. The molecule has 0 fully saturated rings. The molecule has 0 radical (unpaired) electrons. The van der Waals surface area contributed by atoms with Crippen LogP contribution in [-0.2, 0) is 10.0 Å². The number of rotatable bonds is 5. The normalized spacial score (nSPS) is 13.1. The highest BCUT2D eigenvalue weighted by Crippen LogP contribution is 2.29. The summed E-state index contributed by atoms with van der Waals surface area (Å²) in [4.78, 5) is 4.67. The Morgan fingerprint density at radius 3 is 2.50 bits per heavy atom. The monoisotopic (exact) mass is 360 g/mol. The number of nitrogens with one attached hydrogen (secondary N) is 1. The van der Waals surface area contributed by atoms with E-state index in [4.69, 9.17) is 0 Å². The van der Waals surface area contributed by atoms with Gasteiger partial charge < -0.3 is 0 Å². The predicted octanol–water partition coefficient (Wildman–Crippen LogP) is 4.92. The molecule has 1 aromatic heterocycles. The maximum Gasteiger partial charge on any atom is 0.263 e. The molecule has 0 amide bonds. The lowest BCUT2D eigenvalue weighted by Gasteiger charge is -2.10. The van der Waals surface area contributed by atoms with Crippen LogP contribution >= 0.6 is 11.3 Å². The van der Waals surface area contributed by atoms with E-state index in [1.54, 1.807) is 12.1 Å². The molecule has 24 heavy (non-hydrogen) atoms. The maximum atomic E-state index is 12.6. The molecule has 0 spiro atoms. The number of aromatic nitrogens is 1. The molecule has 0 saturated heterocycles. The number of fused-ring (bicyclic) bond motifs is 1. The van der Waals surface area contributed by atoms with Crippen molar-refractivity contribution in [2.45, 2.75) is 38.0 Å². The third kappa shape index (κ3) is 3.30. The van der Waals surface area contributed by atoms with Gasteiger partial charge >= 0.3 is 0 Å². The SMILES string of the molecule is CCC(C)c1ccc(S(=O)(=O)Nc2nc3c(C)cccc3s2)cc1. The van der Waals surface area contributed by atoms with E-state index in [9.17, 15) is 8.42 Å². The van der Waals surface area contributed by atoms with E-state index < -0.39 is 10.0 Å². The molecular formula is C18H20N2O2S2. The molecule has 4 nitrogen and oxygen atoms in total. The fraction of sp³-hybridized carbons (Fsp3) is 0.278. The van der Waals surface area contributed by atoms with E-state index in [0.29, 0.717) is 11.0 Å². The summed E-state index contributed by atoms with van der Waals surface area (Å²) >= 11 is 1.34. The molecule has 1 heterocycles. The molecule has 6 heteroatoms. The van der Waals surface area contributed by atoms with E-state index in [2.05, 4.69) is 23.6 Å². The number of thiazole rings is 1.